The summed E-state index contributed by atoms with van der Waals surface area (Å²) in [5.74, 6) is 0. The van der Waals surface area contributed by atoms with Gasteiger partial charge in [-0.2, -0.15) is 4.73 Å². The van der Waals surface area contributed by atoms with Gasteiger partial charge in [0.25, 0.3) is 0 Å². The first-order valence-corrected chi connectivity index (χ1v) is 6.68. The summed E-state index contributed by atoms with van der Waals surface area (Å²) in [5.41, 5.74) is 1.65. The fourth-order valence-electron chi connectivity index (χ4n) is 2.47. The van der Waals surface area contributed by atoms with Crippen molar-refractivity contribution in [2.45, 2.75) is 0 Å². The van der Waals surface area contributed by atoms with Crippen molar-refractivity contribution in [2.24, 2.45) is 14.1 Å². The van der Waals surface area contributed by atoms with Crippen LogP contribution in [0.15, 0.2) is 41.5 Å². The predicted octanol–water partition coefficient (Wildman–Crippen LogP) is 1.16. The van der Waals surface area contributed by atoms with Gasteiger partial charge in [0.05, 0.1) is 22.0 Å². The number of rotatable bonds is 3. The zero-order chi connectivity index (χ0) is 16.7. The number of pyridine rings is 1. The molecule has 23 heavy (non-hydrogen) atoms. The summed E-state index contributed by atoms with van der Waals surface area (Å²) in [5, 5.41) is 25.3. The van der Waals surface area contributed by atoms with Gasteiger partial charge in [-0.1, -0.05) is 0 Å². The van der Waals surface area contributed by atoms with Gasteiger partial charge in [-0.25, -0.2) is 4.79 Å². The lowest BCUT2D eigenvalue weighted by Crippen LogP contribution is -2.25. The number of hydrogen-bond donors (Lipinski definition) is 1. The van der Waals surface area contributed by atoms with Crippen molar-refractivity contribution in [3.8, 4) is 0 Å². The van der Waals surface area contributed by atoms with E-state index in [2.05, 4.69) is 5.32 Å². The quantitative estimate of drug-likeness (QED) is 0.337. The number of nitrogens with one attached hydrogen (secondary N) is 1. The molecule has 9 nitrogen and oxygen atoms in total. The summed E-state index contributed by atoms with van der Waals surface area (Å²) in [7, 11) is 3.31. The van der Waals surface area contributed by atoms with Gasteiger partial charge >= 0.3 is 11.4 Å². The fourth-order valence-corrected chi connectivity index (χ4v) is 2.47. The molecule has 1 aromatic carbocycles. The smallest absolute Gasteiger partial charge is 0.328 e. The van der Waals surface area contributed by atoms with E-state index in [9.17, 15) is 20.1 Å². The number of imidazole rings is 1. The van der Waals surface area contributed by atoms with Crippen LogP contribution in [-0.2, 0) is 14.1 Å². The predicted molar refractivity (Wildman–Crippen MR) is 83.5 cm³/mol. The third kappa shape index (κ3) is 2.37. The van der Waals surface area contributed by atoms with Crippen LogP contribution in [0.4, 0.5) is 17.1 Å². The summed E-state index contributed by atoms with van der Waals surface area (Å²) < 4.78 is 3.47. The molecule has 2 heterocycles. The standard InChI is InChI=1S/C14H13N5O4/c1-16-12-4-3-9(7-13(12)17(2)14(16)20)15-10-8-18(21)6-5-11(10)19(22)23/h3-8,15H,1-2H3. The second-order valence-electron chi connectivity index (χ2n) is 5.09. The zero-order valence-corrected chi connectivity index (χ0v) is 12.4. The molecule has 0 saturated carbocycles. The van der Waals surface area contributed by atoms with Crippen LogP contribution in [0.5, 0.6) is 0 Å². The number of benzene rings is 1. The SMILES string of the molecule is Cn1c(=O)n(C)c2cc(Nc3c[n+]([O-])ccc3[N+](=O)[O-])ccc21. The van der Waals surface area contributed by atoms with Crippen molar-refractivity contribution >= 4 is 28.1 Å². The van der Waals surface area contributed by atoms with E-state index in [-0.39, 0.29) is 17.1 Å². The molecular weight excluding hydrogens is 302 g/mol. The van der Waals surface area contributed by atoms with Crippen molar-refractivity contribution in [3.63, 3.8) is 0 Å². The molecule has 3 rings (SSSR count). The van der Waals surface area contributed by atoms with Crippen molar-refractivity contribution in [1.82, 2.24) is 9.13 Å². The molecule has 118 valence electrons. The molecular formula is C14H13N5O4. The number of hydrogen-bond acceptors (Lipinski definition) is 5. The van der Waals surface area contributed by atoms with Gasteiger partial charge in [-0.3, -0.25) is 19.2 Å². The van der Waals surface area contributed by atoms with Crippen molar-refractivity contribution in [2.75, 3.05) is 5.32 Å². The van der Waals surface area contributed by atoms with Crippen LogP contribution in [-0.4, -0.2) is 14.1 Å². The Morgan fingerprint density at radius 1 is 1.17 bits per heavy atom. The van der Waals surface area contributed by atoms with Gasteiger partial charge in [0.15, 0.2) is 11.9 Å². The highest BCUT2D eigenvalue weighted by Crippen LogP contribution is 2.27. The normalized spacial score (nSPS) is 10.9. The Labute approximate surface area is 129 Å². The molecule has 0 aliphatic carbocycles. The number of aryl methyl sites for hydroxylation is 2. The van der Waals surface area contributed by atoms with Crippen LogP contribution in [0.25, 0.3) is 11.0 Å². The maximum atomic E-state index is 11.9. The largest absolute Gasteiger partial charge is 0.619 e. The van der Waals surface area contributed by atoms with Gasteiger partial charge in [0, 0.05) is 19.8 Å². The fraction of sp³-hybridized carbons (Fsp3) is 0.143. The lowest BCUT2D eigenvalue weighted by Gasteiger charge is -2.07. The van der Waals surface area contributed by atoms with Crippen LogP contribution < -0.4 is 15.7 Å². The first-order chi connectivity index (χ1) is 10.9. The molecule has 3 aromatic rings. The summed E-state index contributed by atoms with van der Waals surface area (Å²) in [6.07, 6.45) is 2.15. The van der Waals surface area contributed by atoms with Crippen LogP contribution in [0, 0.1) is 15.3 Å². The summed E-state index contributed by atoms with van der Waals surface area (Å²) in [6.45, 7) is 0. The Bertz CT molecular complexity index is 989. The lowest BCUT2D eigenvalue weighted by atomic mass is 10.2. The number of aromatic nitrogens is 3. The number of nitro groups is 1. The summed E-state index contributed by atoms with van der Waals surface area (Å²) in [6, 6.07) is 6.25. The first-order valence-electron chi connectivity index (χ1n) is 6.68. The zero-order valence-electron chi connectivity index (χ0n) is 12.4. The maximum absolute atomic E-state index is 11.9. The molecule has 0 amide bonds. The molecule has 0 unspecified atom stereocenters. The van der Waals surface area contributed by atoms with Gasteiger partial charge in [-0.05, 0) is 18.2 Å². The average Bonchev–Trinajstić information content (AvgIpc) is 2.72. The maximum Gasteiger partial charge on any atom is 0.328 e. The van der Waals surface area contributed by atoms with E-state index in [1.54, 1.807) is 32.3 Å². The Balaban J connectivity index is 2.09. The van der Waals surface area contributed by atoms with Gasteiger partial charge in [0.1, 0.15) is 0 Å². The molecule has 0 bridgehead atoms. The van der Waals surface area contributed by atoms with Crippen LogP contribution in [0.3, 0.4) is 0 Å². The van der Waals surface area contributed by atoms with E-state index in [1.807, 2.05) is 0 Å². The molecule has 9 heteroatoms. The van der Waals surface area contributed by atoms with E-state index in [4.69, 9.17) is 0 Å². The highest BCUT2D eigenvalue weighted by Gasteiger charge is 2.18. The topological polar surface area (TPSA) is 109 Å². The third-order valence-corrected chi connectivity index (χ3v) is 3.66. The third-order valence-electron chi connectivity index (χ3n) is 3.66. The minimum absolute atomic E-state index is 0.0766. The second-order valence-corrected chi connectivity index (χ2v) is 5.09. The van der Waals surface area contributed by atoms with Crippen LogP contribution >= 0.6 is 0 Å². The molecule has 0 atom stereocenters. The Hall–Kier alpha value is -3.36. The molecule has 0 aliphatic rings. The van der Waals surface area contributed by atoms with Crippen molar-refractivity contribution < 1.29 is 9.65 Å². The highest BCUT2D eigenvalue weighted by atomic mass is 16.6. The highest BCUT2D eigenvalue weighted by molar-refractivity contribution is 5.82. The van der Waals surface area contributed by atoms with E-state index in [0.29, 0.717) is 15.9 Å². The Morgan fingerprint density at radius 3 is 2.57 bits per heavy atom. The Kier molecular flexibility index (Phi) is 3.25. The van der Waals surface area contributed by atoms with Crippen molar-refractivity contribution in [1.29, 1.82) is 0 Å². The van der Waals surface area contributed by atoms with Gasteiger partial charge < -0.3 is 10.5 Å². The van der Waals surface area contributed by atoms with E-state index in [0.717, 1.165) is 24.0 Å². The minimum Gasteiger partial charge on any atom is -0.619 e. The molecule has 0 saturated heterocycles. The van der Waals surface area contributed by atoms with Crippen LogP contribution in [0.2, 0.25) is 0 Å². The average molecular weight is 315 g/mol. The van der Waals surface area contributed by atoms with E-state index in [1.165, 1.54) is 9.13 Å². The monoisotopic (exact) mass is 315 g/mol. The number of fused-ring (bicyclic) bond motifs is 1. The second kappa shape index (κ2) is 5.13. The molecule has 2 aromatic heterocycles. The van der Waals surface area contributed by atoms with E-state index >= 15 is 0 Å². The van der Waals surface area contributed by atoms with Gasteiger partial charge in [-0.15, -0.1) is 0 Å². The molecule has 0 fully saturated rings. The first kappa shape index (κ1) is 14.6. The van der Waals surface area contributed by atoms with Crippen molar-refractivity contribution in [3.05, 3.63) is 62.5 Å². The molecule has 0 spiro atoms. The van der Waals surface area contributed by atoms with Gasteiger partial charge in [0.2, 0.25) is 6.20 Å². The molecule has 1 N–H and O–H groups in total. The Morgan fingerprint density at radius 2 is 1.87 bits per heavy atom. The molecule has 0 radical (unpaired) electrons. The minimum atomic E-state index is -0.570. The molecule has 0 aliphatic heterocycles. The summed E-state index contributed by atoms with van der Waals surface area (Å²) >= 11 is 0. The van der Waals surface area contributed by atoms with E-state index < -0.39 is 4.92 Å². The van der Waals surface area contributed by atoms with Crippen LogP contribution in [0.1, 0.15) is 0 Å². The number of anilines is 2. The number of nitrogens with zero attached hydrogens (tertiary/aromatic N) is 4. The lowest BCUT2D eigenvalue weighted by molar-refractivity contribution is -0.605. The summed E-state index contributed by atoms with van der Waals surface area (Å²) in [4.78, 5) is 22.4.